The molecule has 10 nitrogen and oxygen atoms in total. The molecule has 10 heteroatoms. The van der Waals surface area contributed by atoms with Gasteiger partial charge in [-0.15, -0.1) is 0 Å². The smallest absolute Gasteiger partial charge is 0.412 e. The number of imide groups is 1. The van der Waals surface area contributed by atoms with Crippen molar-refractivity contribution in [3.05, 3.63) is 24.3 Å². The van der Waals surface area contributed by atoms with Gasteiger partial charge in [0, 0.05) is 18.7 Å². The molecule has 0 aromatic carbocycles. The summed E-state index contributed by atoms with van der Waals surface area (Å²) in [6, 6.07) is -0.437. The zero-order valence-corrected chi connectivity index (χ0v) is 17.5. The Bertz CT molecular complexity index is 768. The van der Waals surface area contributed by atoms with E-state index in [1.807, 2.05) is 0 Å². The van der Waals surface area contributed by atoms with Gasteiger partial charge in [-0.2, -0.15) is 0 Å². The van der Waals surface area contributed by atoms with Crippen molar-refractivity contribution in [3.8, 4) is 0 Å². The van der Waals surface area contributed by atoms with Crippen molar-refractivity contribution in [2.75, 3.05) is 32.8 Å². The zero-order chi connectivity index (χ0) is 22.1. The third-order valence-corrected chi connectivity index (χ3v) is 4.85. The Labute approximate surface area is 175 Å². The molecule has 0 aromatic heterocycles. The maximum Gasteiger partial charge on any atom is 0.412 e. The molecule has 0 radical (unpaired) electrons. The number of rotatable bonds is 4. The van der Waals surface area contributed by atoms with Crippen LogP contribution in [-0.2, 0) is 23.8 Å². The number of hydrogen-bond acceptors (Lipinski definition) is 7. The van der Waals surface area contributed by atoms with E-state index in [1.54, 1.807) is 20.8 Å². The van der Waals surface area contributed by atoms with Crippen molar-refractivity contribution in [2.24, 2.45) is 0 Å². The summed E-state index contributed by atoms with van der Waals surface area (Å²) in [6.07, 6.45) is 1.01. The minimum atomic E-state index is -0.694. The Kier molecular flexibility index (Phi) is 6.16. The van der Waals surface area contributed by atoms with Crippen molar-refractivity contribution in [1.82, 2.24) is 14.7 Å². The first-order valence-corrected chi connectivity index (χ1v) is 9.81. The quantitative estimate of drug-likeness (QED) is 0.497. The SMILES string of the molecule is C=C1C[C@@H](C2OCCN2C(=O)OCCN2C(=O)C=CC2=O)N(C(=O)OC(C)(C)C)C1. The van der Waals surface area contributed by atoms with Crippen molar-refractivity contribution in [2.45, 2.75) is 45.1 Å². The summed E-state index contributed by atoms with van der Waals surface area (Å²) in [5, 5.41) is 0. The van der Waals surface area contributed by atoms with E-state index in [2.05, 4.69) is 6.58 Å². The molecule has 4 amide bonds. The fraction of sp³-hybridized carbons (Fsp3) is 0.600. The van der Waals surface area contributed by atoms with Crippen molar-refractivity contribution >= 4 is 24.0 Å². The van der Waals surface area contributed by atoms with E-state index in [4.69, 9.17) is 14.2 Å². The second-order valence-corrected chi connectivity index (χ2v) is 8.36. The van der Waals surface area contributed by atoms with E-state index in [0.717, 1.165) is 10.5 Å². The normalized spacial score (nSPS) is 24.2. The van der Waals surface area contributed by atoms with E-state index in [-0.39, 0.29) is 13.2 Å². The first-order chi connectivity index (χ1) is 14.1. The van der Waals surface area contributed by atoms with E-state index in [0.29, 0.717) is 26.1 Å². The van der Waals surface area contributed by atoms with Crippen molar-refractivity contribution in [1.29, 1.82) is 0 Å². The summed E-state index contributed by atoms with van der Waals surface area (Å²) in [5.74, 6) is -0.869. The fourth-order valence-electron chi connectivity index (χ4n) is 3.57. The van der Waals surface area contributed by atoms with Gasteiger partial charge in [0.1, 0.15) is 12.2 Å². The molecule has 3 heterocycles. The van der Waals surface area contributed by atoms with Crippen LogP contribution in [-0.4, -0.2) is 89.4 Å². The second kappa shape index (κ2) is 8.47. The van der Waals surface area contributed by atoms with Gasteiger partial charge in [0.2, 0.25) is 0 Å². The third-order valence-electron chi connectivity index (χ3n) is 4.85. The number of ether oxygens (including phenoxy) is 3. The third kappa shape index (κ3) is 4.81. The van der Waals surface area contributed by atoms with Crippen LogP contribution in [0.15, 0.2) is 24.3 Å². The topological polar surface area (TPSA) is 106 Å². The molecule has 0 aromatic rings. The maximum absolute atomic E-state index is 12.6. The molecular weight excluding hydrogens is 394 g/mol. The van der Waals surface area contributed by atoms with Crippen LogP contribution in [0.1, 0.15) is 27.2 Å². The highest BCUT2D eigenvalue weighted by molar-refractivity contribution is 6.12. The molecule has 2 saturated heterocycles. The Balaban J connectivity index is 1.60. The van der Waals surface area contributed by atoms with Gasteiger partial charge >= 0.3 is 12.2 Å². The van der Waals surface area contributed by atoms with E-state index < -0.39 is 41.9 Å². The highest BCUT2D eigenvalue weighted by Gasteiger charge is 2.45. The minimum absolute atomic E-state index is 0.0277. The van der Waals surface area contributed by atoms with Gasteiger partial charge in [-0.05, 0) is 27.2 Å². The first-order valence-electron chi connectivity index (χ1n) is 9.81. The molecule has 30 heavy (non-hydrogen) atoms. The van der Waals surface area contributed by atoms with E-state index >= 15 is 0 Å². The first kappa shape index (κ1) is 21.8. The summed E-state index contributed by atoms with van der Waals surface area (Å²) >= 11 is 0. The Morgan fingerprint density at radius 1 is 1.17 bits per heavy atom. The Morgan fingerprint density at radius 3 is 2.47 bits per heavy atom. The van der Waals surface area contributed by atoms with Gasteiger partial charge in [0.05, 0.1) is 25.7 Å². The van der Waals surface area contributed by atoms with Crippen molar-refractivity contribution in [3.63, 3.8) is 0 Å². The largest absolute Gasteiger partial charge is 0.447 e. The molecule has 0 bridgehead atoms. The summed E-state index contributed by atoms with van der Waals surface area (Å²) < 4.78 is 16.5. The van der Waals surface area contributed by atoms with Crippen LogP contribution in [0.2, 0.25) is 0 Å². The lowest BCUT2D eigenvalue weighted by Crippen LogP contribution is -2.51. The average Bonchev–Trinajstić information content (AvgIpc) is 3.34. The van der Waals surface area contributed by atoms with Gasteiger partial charge in [0.15, 0.2) is 6.23 Å². The molecule has 3 rings (SSSR count). The van der Waals surface area contributed by atoms with E-state index in [1.165, 1.54) is 22.0 Å². The van der Waals surface area contributed by atoms with Crippen LogP contribution >= 0.6 is 0 Å². The molecule has 0 N–H and O–H groups in total. The predicted octanol–water partition coefficient (Wildman–Crippen LogP) is 1.27. The van der Waals surface area contributed by atoms with Crippen LogP contribution in [0.25, 0.3) is 0 Å². The molecule has 0 saturated carbocycles. The summed E-state index contributed by atoms with van der Waals surface area (Å²) in [6.45, 7) is 10.1. The predicted molar refractivity (Wildman–Crippen MR) is 104 cm³/mol. The number of hydrogen-bond donors (Lipinski definition) is 0. The molecular formula is C20H27N3O7. The van der Waals surface area contributed by atoms with Crippen LogP contribution in [0.5, 0.6) is 0 Å². The van der Waals surface area contributed by atoms with E-state index in [9.17, 15) is 19.2 Å². The zero-order valence-electron chi connectivity index (χ0n) is 17.5. The standard InChI is InChI=1S/C20H27N3O7/c1-13-11-14(23(12-13)19(27)30-20(2,3)4)17-22(8-9-28-17)18(26)29-10-7-21-15(24)5-6-16(21)25/h5-6,14,17H,1,7-12H2,2-4H3/t14-,17?/m0/s1. The molecule has 3 aliphatic heterocycles. The molecule has 164 valence electrons. The Morgan fingerprint density at radius 2 is 1.83 bits per heavy atom. The highest BCUT2D eigenvalue weighted by atomic mass is 16.6. The lowest BCUT2D eigenvalue weighted by Gasteiger charge is -2.34. The van der Waals surface area contributed by atoms with Gasteiger partial charge in [0.25, 0.3) is 11.8 Å². The highest BCUT2D eigenvalue weighted by Crippen LogP contribution is 2.31. The van der Waals surface area contributed by atoms with Crippen LogP contribution < -0.4 is 0 Å². The minimum Gasteiger partial charge on any atom is -0.447 e. The lowest BCUT2D eigenvalue weighted by atomic mass is 10.1. The van der Waals surface area contributed by atoms with Crippen LogP contribution in [0.3, 0.4) is 0 Å². The summed E-state index contributed by atoms with van der Waals surface area (Å²) in [4.78, 5) is 52.3. The van der Waals surface area contributed by atoms with Gasteiger partial charge in [-0.1, -0.05) is 12.2 Å². The van der Waals surface area contributed by atoms with Gasteiger partial charge in [-0.25, -0.2) is 9.59 Å². The maximum atomic E-state index is 12.6. The number of carbonyl (C=O) groups excluding carboxylic acids is 4. The lowest BCUT2D eigenvalue weighted by molar-refractivity contribution is -0.137. The molecule has 1 unspecified atom stereocenters. The van der Waals surface area contributed by atoms with Gasteiger partial charge in [-0.3, -0.25) is 24.3 Å². The number of carbonyl (C=O) groups is 4. The number of nitrogens with zero attached hydrogens (tertiary/aromatic N) is 3. The summed E-state index contributed by atoms with van der Waals surface area (Å²) in [5.41, 5.74) is 0.188. The molecule has 0 spiro atoms. The molecule has 3 aliphatic rings. The summed E-state index contributed by atoms with van der Waals surface area (Å²) in [7, 11) is 0. The Hall–Kier alpha value is -2.88. The van der Waals surface area contributed by atoms with Crippen LogP contribution in [0.4, 0.5) is 9.59 Å². The molecule has 0 aliphatic carbocycles. The molecule has 2 fully saturated rings. The average molecular weight is 421 g/mol. The van der Waals surface area contributed by atoms with Crippen molar-refractivity contribution < 1.29 is 33.4 Å². The number of likely N-dealkylation sites (tertiary alicyclic amines) is 1. The fourth-order valence-corrected chi connectivity index (χ4v) is 3.57. The number of amides is 4. The van der Waals surface area contributed by atoms with Gasteiger partial charge < -0.3 is 14.2 Å². The monoisotopic (exact) mass is 421 g/mol. The molecule has 2 atom stereocenters. The van der Waals surface area contributed by atoms with Crippen LogP contribution in [0, 0.1) is 0 Å². The second-order valence-electron chi connectivity index (χ2n) is 8.36.